The van der Waals surface area contributed by atoms with Crippen molar-refractivity contribution in [3.8, 4) is 11.1 Å². The summed E-state index contributed by atoms with van der Waals surface area (Å²) in [6, 6.07) is 12.6. The van der Waals surface area contributed by atoms with Crippen LogP contribution in [0, 0.1) is 5.82 Å². The van der Waals surface area contributed by atoms with Gasteiger partial charge in [-0.1, -0.05) is 40.9 Å². The molecule has 0 unspecified atom stereocenters. The third-order valence-electron chi connectivity index (χ3n) is 8.06. The number of allylic oxidation sites excluding steroid dienone is 4. The maximum Gasteiger partial charge on any atom is 0.255 e. The molecule has 2 saturated heterocycles. The molecule has 0 atom stereocenters. The largest absolute Gasteiger partial charge is 0.300 e. The summed E-state index contributed by atoms with van der Waals surface area (Å²) in [7, 11) is 0. The van der Waals surface area contributed by atoms with Crippen LogP contribution in [0.25, 0.3) is 27.7 Å². The highest BCUT2D eigenvalue weighted by molar-refractivity contribution is 6.41. The molecule has 0 amide bonds. The summed E-state index contributed by atoms with van der Waals surface area (Å²) in [5, 5.41) is 2.18. The maximum absolute atomic E-state index is 13.9. The minimum Gasteiger partial charge on any atom is -0.300 e. The van der Waals surface area contributed by atoms with E-state index >= 15 is 0 Å². The molecule has 2 aliphatic heterocycles. The van der Waals surface area contributed by atoms with Crippen LogP contribution in [0.4, 0.5) is 4.39 Å². The normalized spacial score (nSPS) is 19.6. The zero-order chi connectivity index (χ0) is 26.4. The number of aromatic nitrogens is 1. The van der Waals surface area contributed by atoms with Gasteiger partial charge in [0.05, 0.1) is 21.3 Å². The lowest BCUT2D eigenvalue weighted by Crippen LogP contribution is -2.50. The average molecular weight is 573 g/mol. The van der Waals surface area contributed by atoms with Crippen molar-refractivity contribution >= 4 is 51.4 Å². The average Bonchev–Trinajstić information content (AvgIpc) is 2.85. The van der Waals surface area contributed by atoms with E-state index in [2.05, 4.69) is 21.9 Å². The van der Waals surface area contributed by atoms with E-state index in [9.17, 15) is 9.18 Å². The molecule has 3 aliphatic rings. The minimum absolute atomic E-state index is 0.206. The van der Waals surface area contributed by atoms with Gasteiger partial charge in [0, 0.05) is 34.6 Å². The molecule has 0 bridgehead atoms. The number of piperidine rings is 1. The van der Waals surface area contributed by atoms with E-state index in [0.717, 1.165) is 55.4 Å². The lowest BCUT2D eigenvalue weighted by atomic mass is 9.96. The third kappa shape index (κ3) is 4.96. The van der Waals surface area contributed by atoms with Gasteiger partial charge in [-0.05, 0) is 106 Å². The van der Waals surface area contributed by atoms with Crippen molar-refractivity contribution in [2.24, 2.45) is 0 Å². The van der Waals surface area contributed by atoms with Gasteiger partial charge in [-0.15, -0.1) is 0 Å². The van der Waals surface area contributed by atoms with E-state index in [-0.39, 0.29) is 5.56 Å². The van der Waals surface area contributed by atoms with Crippen molar-refractivity contribution in [1.82, 2.24) is 14.4 Å². The third-order valence-corrected chi connectivity index (χ3v) is 9.07. The molecule has 0 N–H and O–H groups in total. The Balaban J connectivity index is 1.47. The molecule has 6 rings (SSSR count). The van der Waals surface area contributed by atoms with Crippen molar-refractivity contribution in [2.75, 3.05) is 26.2 Å². The number of likely N-dealkylation sites (tertiary alicyclic amines) is 2. The van der Waals surface area contributed by atoms with E-state index < -0.39 is 5.82 Å². The van der Waals surface area contributed by atoms with Gasteiger partial charge in [0.25, 0.3) is 5.56 Å². The van der Waals surface area contributed by atoms with Gasteiger partial charge >= 0.3 is 0 Å². The number of fused-ring (bicyclic) bond motifs is 1. The van der Waals surface area contributed by atoms with Crippen LogP contribution >= 0.6 is 34.8 Å². The highest BCUT2D eigenvalue weighted by atomic mass is 35.5. The molecule has 198 valence electrons. The predicted octanol–water partition coefficient (Wildman–Crippen LogP) is 7.46. The van der Waals surface area contributed by atoms with Crippen LogP contribution in [0.1, 0.15) is 37.7 Å². The Labute approximate surface area is 236 Å². The standard InChI is InChI=1S/C30H29Cl3FN3O/c31-25-3-1-4-26(32)30(25)37-28-16-19(18-35-13-9-21(10-14-35)36-11-2-12-36)15-24(23(28)7-8-29(37)38)22-6-5-20(34)17-27(22)33/h3,5-8,15-17,21H,1-2,4,9-14,18H2. The molecule has 1 aliphatic carbocycles. The SMILES string of the molecule is O=c1ccc2c(-c3ccc(F)cc3Cl)cc(CN3CCC(N4CCC4)CC3)cc2n1C1=C(Cl)CCC=C1Cl. The predicted molar refractivity (Wildman–Crippen MR) is 155 cm³/mol. The number of pyridine rings is 1. The van der Waals surface area contributed by atoms with E-state index in [1.165, 1.54) is 37.7 Å². The summed E-state index contributed by atoms with van der Waals surface area (Å²) >= 11 is 19.8. The minimum atomic E-state index is -0.391. The van der Waals surface area contributed by atoms with Gasteiger partial charge < -0.3 is 4.90 Å². The van der Waals surface area contributed by atoms with Gasteiger partial charge in [-0.3, -0.25) is 14.3 Å². The van der Waals surface area contributed by atoms with Gasteiger partial charge in [0.1, 0.15) is 5.82 Å². The fourth-order valence-electron chi connectivity index (χ4n) is 5.96. The van der Waals surface area contributed by atoms with E-state index in [4.69, 9.17) is 34.8 Å². The Morgan fingerprint density at radius 2 is 1.71 bits per heavy atom. The van der Waals surface area contributed by atoms with Crippen molar-refractivity contribution in [2.45, 2.75) is 44.7 Å². The first-order valence-corrected chi connectivity index (χ1v) is 14.4. The van der Waals surface area contributed by atoms with Crippen molar-refractivity contribution in [3.05, 3.63) is 85.4 Å². The smallest absolute Gasteiger partial charge is 0.255 e. The summed E-state index contributed by atoms with van der Waals surface area (Å²) in [5.41, 5.74) is 3.65. The summed E-state index contributed by atoms with van der Waals surface area (Å²) in [6.07, 6.45) is 6.90. The quantitative estimate of drug-likeness (QED) is 0.318. The summed E-state index contributed by atoms with van der Waals surface area (Å²) in [5.74, 6) is -0.391. The number of hydrogen-bond acceptors (Lipinski definition) is 3. The Bertz CT molecular complexity index is 1520. The molecule has 38 heavy (non-hydrogen) atoms. The summed E-state index contributed by atoms with van der Waals surface area (Å²) in [6.45, 7) is 5.25. The Morgan fingerprint density at radius 1 is 0.921 bits per heavy atom. The van der Waals surface area contributed by atoms with Crippen LogP contribution in [0.5, 0.6) is 0 Å². The van der Waals surface area contributed by atoms with E-state index in [1.807, 2.05) is 6.08 Å². The van der Waals surface area contributed by atoms with Crippen LogP contribution in [0.2, 0.25) is 5.02 Å². The highest BCUT2D eigenvalue weighted by Crippen LogP contribution is 2.39. The van der Waals surface area contributed by atoms with Gasteiger partial charge in [-0.25, -0.2) is 4.39 Å². The highest BCUT2D eigenvalue weighted by Gasteiger charge is 2.28. The maximum atomic E-state index is 13.9. The lowest BCUT2D eigenvalue weighted by Gasteiger charge is -2.43. The Kier molecular flexibility index (Phi) is 7.41. The first-order chi connectivity index (χ1) is 18.4. The van der Waals surface area contributed by atoms with Crippen molar-refractivity contribution in [3.63, 3.8) is 0 Å². The molecule has 2 fully saturated rings. The monoisotopic (exact) mass is 571 g/mol. The molecule has 0 saturated carbocycles. The van der Waals surface area contributed by atoms with Crippen LogP contribution in [-0.4, -0.2) is 46.6 Å². The molecule has 0 radical (unpaired) electrons. The summed E-state index contributed by atoms with van der Waals surface area (Å²) in [4.78, 5) is 18.4. The van der Waals surface area contributed by atoms with Crippen LogP contribution < -0.4 is 5.56 Å². The van der Waals surface area contributed by atoms with Crippen LogP contribution in [0.15, 0.2) is 63.4 Å². The molecule has 1 aromatic heterocycles. The Morgan fingerprint density at radius 3 is 2.39 bits per heavy atom. The molecule has 3 aromatic rings. The fourth-order valence-corrected chi connectivity index (χ4v) is 6.88. The second-order valence-electron chi connectivity index (χ2n) is 10.4. The fraction of sp³-hybridized carbons (Fsp3) is 0.367. The second kappa shape index (κ2) is 10.8. The number of hydrogen-bond donors (Lipinski definition) is 0. The van der Waals surface area contributed by atoms with Gasteiger partial charge in [0.2, 0.25) is 0 Å². The van der Waals surface area contributed by atoms with Crippen molar-refractivity contribution < 1.29 is 4.39 Å². The molecule has 0 spiro atoms. The molecule has 8 heteroatoms. The van der Waals surface area contributed by atoms with Crippen molar-refractivity contribution in [1.29, 1.82) is 0 Å². The molecule has 2 aromatic carbocycles. The number of halogens is 4. The van der Waals surface area contributed by atoms with E-state index in [0.29, 0.717) is 44.3 Å². The summed E-state index contributed by atoms with van der Waals surface area (Å²) < 4.78 is 15.6. The topological polar surface area (TPSA) is 28.5 Å². The second-order valence-corrected chi connectivity index (χ2v) is 11.7. The number of benzene rings is 2. The number of nitrogens with zero attached hydrogens (tertiary/aromatic N) is 3. The van der Waals surface area contributed by atoms with Crippen LogP contribution in [-0.2, 0) is 6.54 Å². The zero-order valence-electron chi connectivity index (χ0n) is 21.0. The zero-order valence-corrected chi connectivity index (χ0v) is 23.3. The Hall–Kier alpha value is -2.15. The molecule has 4 nitrogen and oxygen atoms in total. The molecular weight excluding hydrogens is 544 g/mol. The lowest BCUT2D eigenvalue weighted by molar-refractivity contribution is 0.0612. The van der Waals surface area contributed by atoms with E-state index in [1.54, 1.807) is 16.7 Å². The van der Waals surface area contributed by atoms with Gasteiger partial charge in [-0.2, -0.15) is 0 Å². The first kappa shape index (κ1) is 26.1. The number of rotatable bonds is 5. The molecule has 3 heterocycles. The van der Waals surface area contributed by atoms with Crippen LogP contribution in [0.3, 0.4) is 0 Å². The molecular formula is C30H29Cl3FN3O. The van der Waals surface area contributed by atoms with Gasteiger partial charge in [0.15, 0.2) is 0 Å². The first-order valence-electron chi connectivity index (χ1n) is 13.2.